The third kappa shape index (κ3) is 3.98. The normalized spacial score (nSPS) is 12.5. The molecule has 32 heavy (non-hydrogen) atoms. The Morgan fingerprint density at radius 1 is 1.22 bits per heavy atom. The molecule has 3 heterocycles. The Balaban J connectivity index is 0.00000289. The number of aryl methyl sites for hydroxylation is 1. The Morgan fingerprint density at radius 3 is 2.56 bits per heavy atom. The molecule has 0 aliphatic rings. The molecule has 0 amide bonds. The molecule has 0 radical (unpaired) electrons. The summed E-state index contributed by atoms with van der Waals surface area (Å²) in [6.45, 7) is 3.00. The number of hydrogen-bond donors (Lipinski definition) is 2. The number of aromatic carboxylic acids is 1. The van der Waals surface area contributed by atoms with Crippen molar-refractivity contribution in [2.24, 2.45) is 0 Å². The van der Waals surface area contributed by atoms with Gasteiger partial charge in [0.15, 0.2) is 5.52 Å². The van der Waals surface area contributed by atoms with Crippen LogP contribution < -0.4 is 5.56 Å². The first-order valence-corrected chi connectivity index (χ1v) is 9.00. The van der Waals surface area contributed by atoms with E-state index < -0.39 is 29.3 Å². The first kappa shape index (κ1) is 23.1. The number of halogens is 3. The van der Waals surface area contributed by atoms with Gasteiger partial charge in [0, 0.05) is 6.20 Å². The fourth-order valence-corrected chi connectivity index (χ4v) is 3.26. The van der Waals surface area contributed by atoms with Crippen molar-refractivity contribution in [2.75, 3.05) is 0 Å². The van der Waals surface area contributed by atoms with Gasteiger partial charge in [-0.1, -0.05) is 12.1 Å². The van der Waals surface area contributed by atoms with Crippen molar-refractivity contribution in [3.05, 3.63) is 69.4 Å². The van der Waals surface area contributed by atoms with Gasteiger partial charge < -0.3 is 5.11 Å². The summed E-state index contributed by atoms with van der Waals surface area (Å²) in [4.78, 5) is 30.5. The lowest BCUT2D eigenvalue weighted by atomic mass is 10.0. The second-order valence-corrected chi connectivity index (χ2v) is 6.94. The highest BCUT2D eigenvalue weighted by Crippen LogP contribution is 2.34. The molecule has 0 aliphatic heterocycles. The zero-order valence-corrected chi connectivity index (χ0v) is 17.7. The minimum absolute atomic E-state index is 0. The first-order chi connectivity index (χ1) is 14.6. The second kappa shape index (κ2) is 8.15. The summed E-state index contributed by atoms with van der Waals surface area (Å²) >= 11 is 0. The fourth-order valence-electron chi connectivity index (χ4n) is 3.26. The number of hydrogen-bond acceptors (Lipinski definition) is 5. The van der Waals surface area contributed by atoms with Crippen LogP contribution in [0.2, 0.25) is 0 Å². The molecule has 1 aromatic carbocycles. The number of aromatic amines is 1. The van der Waals surface area contributed by atoms with Gasteiger partial charge in [0.05, 0.1) is 29.6 Å². The van der Waals surface area contributed by atoms with Crippen LogP contribution in [-0.4, -0.2) is 40.6 Å². The van der Waals surface area contributed by atoms with Gasteiger partial charge in [0.1, 0.15) is 5.52 Å². The molecular formula is C19H17F3N6O3S. The number of aromatic nitrogens is 6. The first-order valence-electron chi connectivity index (χ1n) is 9.00. The van der Waals surface area contributed by atoms with Crippen LogP contribution in [0.5, 0.6) is 0 Å². The van der Waals surface area contributed by atoms with E-state index in [1.54, 1.807) is 13.0 Å². The number of alkyl halides is 3. The third-order valence-corrected chi connectivity index (χ3v) is 4.91. The summed E-state index contributed by atoms with van der Waals surface area (Å²) in [7, 11) is 0. The number of rotatable bonds is 4. The van der Waals surface area contributed by atoms with Crippen molar-refractivity contribution in [1.82, 2.24) is 29.5 Å². The Morgan fingerprint density at radius 2 is 1.94 bits per heavy atom. The molecule has 0 spiro atoms. The Hall–Kier alpha value is -3.61. The van der Waals surface area contributed by atoms with Crippen molar-refractivity contribution < 1.29 is 23.1 Å². The number of carbonyl (C=O) groups is 1. The largest absolute Gasteiger partial charge is 0.478 e. The van der Waals surface area contributed by atoms with Crippen LogP contribution in [0.15, 0.2) is 41.6 Å². The van der Waals surface area contributed by atoms with E-state index in [0.29, 0.717) is 5.56 Å². The number of carboxylic acids is 1. The number of nitrogens with zero attached hydrogens (tertiary/aromatic N) is 5. The van der Waals surface area contributed by atoms with Crippen LogP contribution in [0.1, 0.15) is 40.0 Å². The number of H-pyrrole nitrogens is 1. The van der Waals surface area contributed by atoms with E-state index in [1.165, 1.54) is 30.1 Å². The lowest BCUT2D eigenvalue weighted by molar-refractivity contribution is -0.138. The minimum Gasteiger partial charge on any atom is -0.478 e. The van der Waals surface area contributed by atoms with Gasteiger partial charge in [0.25, 0.3) is 5.56 Å². The smallest absolute Gasteiger partial charge is 0.416 e. The fraction of sp³-hybridized carbons (Fsp3) is 0.211. The van der Waals surface area contributed by atoms with Crippen LogP contribution in [-0.2, 0) is 6.18 Å². The number of fused-ring (bicyclic) bond motifs is 1. The zero-order valence-electron chi connectivity index (χ0n) is 16.7. The number of nitrogens with one attached hydrogen (secondary N) is 1. The molecule has 168 valence electrons. The average molecular weight is 466 g/mol. The Labute approximate surface area is 185 Å². The SMILES string of the molecule is Cc1ccc([C@H](C)n2ncc3nc(-n4cc(C(=O)O)cn4)[nH]c(=O)c32)cc1C(F)(F)F.S. The predicted molar refractivity (Wildman–Crippen MR) is 113 cm³/mol. The van der Waals surface area contributed by atoms with Crippen molar-refractivity contribution in [3.8, 4) is 5.95 Å². The van der Waals surface area contributed by atoms with E-state index in [9.17, 15) is 22.8 Å². The monoisotopic (exact) mass is 466 g/mol. The summed E-state index contributed by atoms with van der Waals surface area (Å²) in [5.74, 6) is -1.21. The quantitative estimate of drug-likeness (QED) is 0.477. The standard InChI is InChI=1S/C19H15F3N6O3.H2S/c1-9-3-4-11(5-13(9)19(20,21)22)10(2)28-15-14(7-24-28)25-18(26-16(15)29)27-8-12(6-23-27)17(30)31;/h3-8,10H,1-2H3,(H,30,31)(H,25,26,29);1H2/t10-;/m0./s1. The van der Waals surface area contributed by atoms with E-state index in [-0.39, 0.29) is 41.6 Å². The van der Waals surface area contributed by atoms with E-state index in [0.717, 1.165) is 16.9 Å². The second-order valence-electron chi connectivity index (χ2n) is 6.94. The van der Waals surface area contributed by atoms with Crippen LogP contribution >= 0.6 is 13.5 Å². The topological polar surface area (TPSA) is 119 Å². The Kier molecular flexibility index (Phi) is 5.87. The van der Waals surface area contributed by atoms with Crippen LogP contribution in [0, 0.1) is 6.92 Å². The van der Waals surface area contributed by atoms with E-state index in [4.69, 9.17) is 5.11 Å². The van der Waals surface area contributed by atoms with Gasteiger partial charge in [-0.05, 0) is 31.0 Å². The number of carboxylic acid groups (broad SMARTS) is 1. The molecule has 0 aliphatic carbocycles. The third-order valence-electron chi connectivity index (χ3n) is 4.91. The molecule has 0 saturated carbocycles. The molecule has 4 rings (SSSR count). The average Bonchev–Trinajstić information content (AvgIpc) is 3.34. The van der Waals surface area contributed by atoms with Gasteiger partial charge in [-0.15, -0.1) is 0 Å². The van der Waals surface area contributed by atoms with Crippen molar-refractivity contribution in [2.45, 2.75) is 26.1 Å². The molecule has 0 saturated heterocycles. The van der Waals surface area contributed by atoms with E-state index >= 15 is 0 Å². The summed E-state index contributed by atoms with van der Waals surface area (Å²) in [5.41, 5.74) is -0.776. The van der Waals surface area contributed by atoms with Crippen LogP contribution in [0.4, 0.5) is 13.2 Å². The summed E-state index contributed by atoms with van der Waals surface area (Å²) in [5, 5.41) is 17.0. The molecule has 0 bridgehead atoms. The maximum Gasteiger partial charge on any atom is 0.416 e. The van der Waals surface area contributed by atoms with Gasteiger partial charge in [-0.25, -0.2) is 14.5 Å². The van der Waals surface area contributed by atoms with Crippen molar-refractivity contribution in [3.63, 3.8) is 0 Å². The summed E-state index contributed by atoms with van der Waals surface area (Å²) in [6, 6.07) is 3.28. The van der Waals surface area contributed by atoms with Gasteiger partial charge >= 0.3 is 12.1 Å². The minimum atomic E-state index is -4.50. The zero-order chi connectivity index (χ0) is 22.5. The van der Waals surface area contributed by atoms with Gasteiger partial charge in [0.2, 0.25) is 5.95 Å². The van der Waals surface area contributed by atoms with E-state index in [1.807, 2.05) is 0 Å². The van der Waals surface area contributed by atoms with E-state index in [2.05, 4.69) is 20.2 Å². The van der Waals surface area contributed by atoms with Crippen molar-refractivity contribution >= 4 is 30.5 Å². The summed E-state index contributed by atoms with van der Waals surface area (Å²) in [6.07, 6.45) is -0.901. The van der Waals surface area contributed by atoms with Crippen molar-refractivity contribution in [1.29, 1.82) is 0 Å². The van der Waals surface area contributed by atoms with Gasteiger partial charge in [-0.3, -0.25) is 14.5 Å². The highest BCUT2D eigenvalue weighted by molar-refractivity contribution is 7.59. The van der Waals surface area contributed by atoms with Crippen LogP contribution in [0.3, 0.4) is 0 Å². The maximum atomic E-state index is 13.3. The molecule has 2 N–H and O–H groups in total. The highest BCUT2D eigenvalue weighted by atomic mass is 32.1. The lowest BCUT2D eigenvalue weighted by Gasteiger charge is -2.17. The molecule has 13 heteroatoms. The summed E-state index contributed by atoms with van der Waals surface area (Å²) < 4.78 is 42.2. The Bertz CT molecular complexity index is 1370. The molecule has 9 nitrogen and oxygen atoms in total. The predicted octanol–water partition coefficient (Wildman–Crippen LogP) is 3.05. The molecule has 4 aromatic rings. The lowest BCUT2D eigenvalue weighted by Crippen LogP contribution is -2.19. The molecule has 0 fully saturated rings. The molecule has 0 unspecified atom stereocenters. The molecule has 1 atom stereocenters. The van der Waals surface area contributed by atoms with Gasteiger partial charge in [-0.2, -0.15) is 36.9 Å². The molecule has 3 aromatic heterocycles. The van der Waals surface area contributed by atoms with Crippen LogP contribution in [0.25, 0.3) is 17.0 Å². The molecular weight excluding hydrogens is 449 g/mol. The highest BCUT2D eigenvalue weighted by Gasteiger charge is 2.33. The number of benzene rings is 1. The maximum absolute atomic E-state index is 13.3.